The molecule has 0 aliphatic carbocycles. The van der Waals surface area contributed by atoms with E-state index in [1.54, 1.807) is 0 Å². The molecule has 4 saturated heterocycles. The summed E-state index contributed by atoms with van der Waals surface area (Å²) in [6.45, 7) is 1.88. The van der Waals surface area contributed by atoms with E-state index < -0.39 is 0 Å². The van der Waals surface area contributed by atoms with Crippen LogP contribution < -0.4 is 0 Å². The van der Waals surface area contributed by atoms with Gasteiger partial charge in [-0.05, 0) is 16.7 Å². The minimum absolute atomic E-state index is 0.121. The van der Waals surface area contributed by atoms with Crippen LogP contribution in [0.15, 0.2) is 91.0 Å². The quantitative estimate of drug-likeness (QED) is 0.589. The van der Waals surface area contributed by atoms with Gasteiger partial charge in [-0.3, -0.25) is 14.2 Å². The Labute approximate surface area is 195 Å². The monoisotopic (exact) mass is 435 g/mol. The van der Waals surface area contributed by atoms with Gasteiger partial charge in [0.2, 0.25) is 0 Å². The predicted molar refractivity (Wildman–Crippen MR) is 128 cm³/mol. The van der Waals surface area contributed by atoms with Crippen LogP contribution in [-0.4, -0.2) is 55.5 Å². The summed E-state index contributed by atoms with van der Waals surface area (Å²) in [5.74, 6) is 0. The molecule has 6 nitrogen and oxygen atoms in total. The molecule has 33 heavy (non-hydrogen) atoms. The topological polar surface area (TPSA) is 37.4 Å². The van der Waals surface area contributed by atoms with Gasteiger partial charge in [-0.1, -0.05) is 91.0 Å². The molecule has 3 aromatic carbocycles. The summed E-state index contributed by atoms with van der Waals surface area (Å²) >= 11 is 0. The number of hydrogen-bond acceptors (Lipinski definition) is 6. The Kier molecular flexibility index (Phi) is 4.93. The van der Waals surface area contributed by atoms with E-state index in [0.717, 1.165) is 0 Å². The maximum absolute atomic E-state index is 6.50. The molecule has 162 valence electrons. The van der Waals surface area contributed by atoms with Crippen molar-refractivity contribution in [1.82, 2.24) is 14.2 Å². The molecule has 3 atom stereocenters. The van der Waals surface area contributed by atoms with Crippen molar-refractivity contribution in [3.05, 3.63) is 108 Å². The van der Waals surface area contributed by atoms with Crippen LogP contribution in [0.25, 0.3) is 0 Å². The average molecular weight is 435 g/mol. The Hall–Kier alpha value is -2.39. The third kappa shape index (κ3) is 3.15. The fourth-order valence-electron chi connectivity index (χ4n) is 5.85. The first-order valence-electron chi connectivity index (χ1n) is 11.7. The second kappa shape index (κ2) is 8.13. The zero-order valence-electron chi connectivity index (χ0n) is 18.3. The van der Waals surface area contributed by atoms with Crippen molar-refractivity contribution in [3.8, 4) is 0 Å². The van der Waals surface area contributed by atoms with Crippen LogP contribution >= 0.6 is 0 Å². The Morgan fingerprint density at radius 3 is 1.00 bits per heavy atom. The number of nitrogens with zero attached hydrogens (tertiary/aromatic N) is 3. The van der Waals surface area contributed by atoms with Gasteiger partial charge < -0.3 is 14.0 Å². The van der Waals surface area contributed by atoms with Crippen molar-refractivity contribution in [2.45, 2.75) is 18.1 Å². The lowest BCUT2D eigenvalue weighted by Crippen LogP contribution is -2.74. The zero-order valence-corrected chi connectivity index (χ0v) is 18.3. The molecule has 0 spiro atoms. The molecule has 4 aliphatic rings. The van der Waals surface area contributed by atoms with Crippen LogP contribution in [0, 0.1) is 0 Å². The Balaban J connectivity index is 1.32. The molecule has 3 aromatic rings. The molecule has 4 heterocycles. The normalized spacial score (nSPS) is 27.6. The Morgan fingerprint density at radius 2 is 0.727 bits per heavy atom. The molecule has 0 saturated carbocycles. The van der Waals surface area contributed by atoms with E-state index in [4.69, 9.17) is 14.0 Å². The Morgan fingerprint density at radius 1 is 0.455 bits per heavy atom. The van der Waals surface area contributed by atoms with Crippen LogP contribution in [0.3, 0.4) is 0 Å². The number of benzene rings is 3. The lowest BCUT2D eigenvalue weighted by molar-refractivity contribution is 0.301. The highest BCUT2D eigenvalue weighted by molar-refractivity contribution is 6.81. The highest BCUT2D eigenvalue weighted by atomic mass is 16.5. The van der Waals surface area contributed by atoms with Crippen molar-refractivity contribution in [3.63, 3.8) is 0 Å². The highest BCUT2D eigenvalue weighted by Crippen LogP contribution is 2.46. The van der Waals surface area contributed by atoms with E-state index in [1.165, 1.54) is 16.7 Å². The number of hydrogen-bond donors (Lipinski definition) is 0. The summed E-state index contributed by atoms with van der Waals surface area (Å²) in [6.07, 6.45) is 0. The molecule has 0 N–H and O–H groups in total. The number of rotatable bonds is 3. The fourth-order valence-corrected chi connectivity index (χ4v) is 5.85. The van der Waals surface area contributed by atoms with Gasteiger partial charge in [-0.15, -0.1) is 0 Å². The summed E-state index contributed by atoms with van der Waals surface area (Å²) in [4.78, 5) is 0. The predicted octanol–water partition coefficient (Wildman–Crippen LogP) is 3.18. The van der Waals surface area contributed by atoms with E-state index >= 15 is 0 Å². The second-order valence-corrected chi connectivity index (χ2v) is 9.10. The first kappa shape index (κ1) is 20.0. The number of fused-ring (bicyclic) bond motifs is 6. The van der Waals surface area contributed by atoms with Gasteiger partial charge in [0.05, 0.1) is 0 Å². The van der Waals surface area contributed by atoms with Crippen LogP contribution in [0.2, 0.25) is 0 Å². The molecule has 0 radical (unpaired) electrons. The zero-order chi connectivity index (χ0) is 21.8. The second-order valence-electron chi connectivity index (χ2n) is 9.10. The smallest absolute Gasteiger partial charge is 0.407 e. The summed E-state index contributed by atoms with van der Waals surface area (Å²) in [7, 11) is -0.615. The van der Waals surface area contributed by atoms with Gasteiger partial charge in [-0.2, -0.15) is 0 Å². The van der Waals surface area contributed by atoms with E-state index in [2.05, 4.69) is 105 Å². The largest absolute Gasteiger partial charge is 0.463 e. The van der Waals surface area contributed by atoms with Gasteiger partial charge in [0.25, 0.3) is 0 Å². The molecule has 0 amide bonds. The van der Waals surface area contributed by atoms with E-state index in [9.17, 15) is 0 Å². The molecular formula is C24H24B3N3O3. The summed E-state index contributed by atoms with van der Waals surface area (Å²) in [5, 5.41) is 0. The maximum atomic E-state index is 6.50. The van der Waals surface area contributed by atoms with E-state index in [0.29, 0.717) is 19.8 Å². The highest BCUT2D eigenvalue weighted by Gasteiger charge is 2.68. The van der Waals surface area contributed by atoms with Gasteiger partial charge >= 0.3 is 21.6 Å². The molecule has 0 unspecified atom stereocenters. The van der Waals surface area contributed by atoms with E-state index in [-0.39, 0.29) is 39.7 Å². The lowest BCUT2D eigenvalue weighted by Gasteiger charge is -2.46. The van der Waals surface area contributed by atoms with Crippen LogP contribution in [0.4, 0.5) is 0 Å². The molecular weight excluding hydrogens is 411 g/mol. The van der Waals surface area contributed by atoms with Gasteiger partial charge in [0, 0.05) is 37.9 Å². The molecule has 0 bridgehead atoms. The van der Waals surface area contributed by atoms with Crippen LogP contribution in [-0.2, 0) is 14.0 Å². The standard InChI is InChI=1S/C24H24B3N3O3/c1-4-10-19(11-5-1)22-16-31-25-28(22)26-30(23(17-32-26)20-12-6-2-7-13-20)27-29(25)24(18-33-27)21-14-8-3-9-15-21/h1-15,22-24H,16-18H2/t22-,23-,24-/m0/s1. The summed E-state index contributed by atoms with van der Waals surface area (Å²) < 4.78 is 26.7. The Bertz CT molecular complexity index is 959. The summed E-state index contributed by atoms with van der Waals surface area (Å²) in [6, 6.07) is 32.3. The third-order valence-corrected chi connectivity index (χ3v) is 7.37. The van der Waals surface area contributed by atoms with Crippen molar-refractivity contribution in [1.29, 1.82) is 0 Å². The first-order valence-corrected chi connectivity index (χ1v) is 11.7. The molecule has 7 rings (SSSR count). The maximum Gasteiger partial charge on any atom is 0.463 e. The summed E-state index contributed by atoms with van der Waals surface area (Å²) in [5.41, 5.74) is 3.75. The van der Waals surface area contributed by atoms with Crippen molar-refractivity contribution in [2.75, 3.05) is 19.8 Å². The molecule has 4 aliphatic heterocycles. The minimum Gasteiger partial charge on any atom is -0.407 e. The average Bonchev–Trinajstić information content (AvgIpc) is 3.61. The van der Waals surface area contributed by atoms with Crippen molar-refractivity contribution in [2.24, 2.45) is 0 Å². The van der Waals surface area contributed by atoms with Crippen LogP contribution in [0.1, 0.15) is 34.8 Å². The molecule has 4 fully saturated rings. The van der Waals surface area contributed by atoms with Gasteiger partial charge in [-0.25, -0.2) is 0 Å². The lowest BCUT2D eigenvalue weighted by atomic mass is 9.61. The van der Waals surface area contributed by atoms with E-state index in [1.807, 2.05) is 0 Å². The van der Waals surface area contributed by atoms with Crippen molar-refractivity contribution >= 4 is 21.6 Å². The van der Waals surface area contributed by atoms with Gasteiger partial charge in [0.15, 0.2) is 0 Å². The fraction of sp³-hybridized carbons (Fsp3) is 0.250. The first-order chi connectivity index (χ1) is 16.4. The molecule has 0 aromatic heterocycles. The van der Waals surface area contributed by atoms with Gasteiger partial charge in [0.1, 0.15) is 0 Å². The van der Waals surface area contributed by atoms with Crippen molar-refractivity contribution < 1.29 is 14.0 Å². The minimum atomic E-state index is -0.205. The SMILES string of the molecule is c1ccc([C@@H]2COB3N2B2OC[C@@H](c4ccccc4)N2B2OC[C@@H](c4ccccc4)N32)cc1. The van der Waals surface area contributed by atoms with Crippen LogP contribution in [0.5, 0.6) is 0 Å². The third-order valence-electron chi connectivity index (χ3n) is 7.37. The molecule has 9 heteroatoms.